The Kier molecular flexibility index (Phi) is 7.17. The van der Waals surface area contributed by atoms with E-state index < -0.39 is 5.25 Å². The number of likely N-dealkylation sites (tertiary alicyclic amines) is 1. The highest BCUT2D eigenvalue weighted by Gasteiger charge is 2.33. The van der Waals surface area contributed by atoms with Crippen molar-refractivity contribution < 1.29 is 18.8 Å². The Balaban J connectivity index is 1.32. The topological polar surface area (TPSA) is 95.2 Å². The van der Waals surface area contributed by atoms with Crippen LogP contribution in [0.3, 0.4) is 0 Å². The molecule has 2 aromatic rings. The Hall–Kier alpha value is -3.07. The fourth-order valence-electron chi connectivity index (χ4n) is 3.94. The van der Waals surface area contributed by atoms with Gasteiger partial charge in [-0.05, 0) is 56.5 Å². The summed E-state index contributed by atoms with van der Waals surface area (Å²) in [6, 6.07) is 10.5. The molecule has 1 N–H and O–H groups in total. The maximum atomic E-state index is 12.8. The molecule has 8 nitrogen and oxygen atoms in total. The summed E-state index contributed by atoms with van der Waals surface area (Å²) in [6.07, 6.45) is 3.45. The molecule has 3 heterocycles. The fourth-order valence-corrected chi connectivity index (χ4v) is 5.05. The summed E-state index contributed by atoms with van der Waals surface area (Å²) in [6.45, 7) is 4.03. The van der Waals surface area contributed by atoms with Crippen LogP contribution in [0.5, 0.6) is 0 Å². The molecule has 0 bridgehead atoms. The normalized spacial score (nSPS) is 18.2. The second-order valence-electron chi connectivity index (χ2n) is 8.39. The summed E-state index contributed by atoms with van der Waals surface area (Å²) in [5.41, 5.74) is 0.973. The second kappa shape index (κ2) is 10.2. The molecule has 1 aromatic carbocycles. The number of aryl methyl sites for hydroxylation is 1. The molecule has 1 atom stereocenters. The van der Waals surface area contributed by atoms with Gasteiger partial charge in [0.05, 0.1) is 6.54 Å². The maximum Gasteiger partial charge on any atom is 0.262 e. The average molecular weight is 469 g/mol. The molecular formula is C24H28N4O4S. The second-order valence-corrected chi connectivity index (χ2v) is 9.56. The van der Waals surface area contributed by atoms with Crippen LogP contribution >= 0.6 is 11.8 Å². The molecule has 2 aliphatic rings. The van der Waals surface area contributed by atoms with Crippen molar-refractivity contribution in [1.82, 2.24) is 9.80 Å². The molecule has 1 aromatic heterocycles. The molecule has 0 saturated carbocycles. The SMILES string of the molecule is Cc1ccc(CN(C)C(=O)c2cccc(NC(=O)C[C@@H]3SC(N4CCCCC4)=NC3=O)c2)o1. The van der Waals surface area contributed by atoms with Crippen LogP contribution in [-0.4, -0.2) is 58.1 Å². The lowest BCUT2D eigenvalue weighted by atomic mass is 10.1. The number of carbonyl (C=O) groups excluding carboxylic acids is 3. The first kappa shape index (κ1) is 23.1. The van der Waals surface area contributed by atoms with E-state index in [-0.39, 0.29) is 24.1 Å². The number of hydrogen-bond acceptors (Lipinski definition) is 6. The third-order valence-electron chi connectivity index (χ3n) is 5.66. The highest BCUT2D eigenvalue weighted by atomic mass is 32.2. The van der Waals surface area contributed by atoms with Gasteiger partial charge in [-0.1, -0.05) is 17.8 Å². The van der Waals surface area contributed by atoms with Gasteiger partial charge in [0.15, 0.2) is 5.17 Å². The van der Waals surface area contributed by atoms with Crippen molar-refractivity contribution in [2.24, 2.45) is 4.99 Å². The van der Waals surface area contributed by atoms with Gasteiger partial charge in [-0.2, -0.15) is 4.99 Å². The van der Waals surface area contributed by atoms with Crippen molar-refractivity contribution in [3.05, 3.63) is 53.5 Å². The standard InChI is InChI=1S/C24H28N4O4S/c1-16-9-10-19(32-16)15-27(2)23(31)17-7-6-8-18(13-17)25-21(29)14-20-22(30)26-24(33-20)28-11-4-3-5-12-28/h6-10,13,20H,3-5,11-12,14-15H2,1-2H3,(H,25,29)/t20-/m0/s1. The first-order valence-electron chi connectivity index (χ1n) is 11.1. The van der Waals surface area contributed by atoms with E-state index in [0.717, 1.165) is 36.9 Å². The number of thioether (sulfide) groups is 1. The highest BCUT2D eigenvalue weighted by Crippen LogP contribution is 2.29. The predicted octanol–water partition coefficient (Wildman–Crippen LogP) is 3.67. The van der Waals surface area contributed by atoms with Crippen LogP contribution in [0, 0.1) is 6.92 Å². The number of furan rings is 1. The zero-order chi connectivity index (χ0) is 23.4. The maximum absolute atomic E-state index is 12.8. The van der Waals surface area contributed by atoms with E-state index in [4.69, 9.17) is 4.42 Å². The monoisotopic (exact) mass is 468 g/mol. The van der Waals surface area contributed by atoms with Gasteiger partial charge in [0, 0.05) is 37.8 Å². The third-order valence-corrected chi connectivity index (χ3v) is 6.87. The fraction of sp³-hybridized carbons (Fsp3) is 0.417. The van der Waals surface area contributed by atoms with Crippen LogP contribution in [0.25, 0.3) is 0 Å². The van der Waals surface area contributed by atoms with Crippen LogP contribution in [0.15, 0.2) is 45.8 Å². The van der Waals surface area contributed by atoms with Crippen LogP contribution in [0.2, 0.25) is 0 Å². The van der Waals surface area contributed by atoms with Gasteiger partial charge in [0.1, 0.15) is 16.8 Å². The van der Waals surface area contributed by atoms with E-state index in [1.165, 1.54) is 18.2 Å². The molecule has 3 amide bonds. The largest absolute Gasteiger partial charge is 0.464 e. The Morgan fingerprint density at radius 3 is 2.73 bits per heavy atom. The van der Waals surface area contributed by atoms with Gasteiger partial charge in [-0.3, -0.25) is 14.4 Å². The molecule has 174 valence electrons. The van der Waals surface area contributed by atoms with Crippen molar-refractivity contribution in [1.29, 1.82) is 0 Å². The van der Waals surface area contributed by atoms with Crippen LogP contribution in [0.1, 0.15) is 47.6 Å². The quantitative estimate of drug-likeness (QED) is 0.695. The first-order chi connectivity index (χ1) is 15.9. The third kappa shape index (κ3) is 5.84. The Labute approximate surface area is 197 Å². The summed E-state index contributed by atoms with van der Waals surface area (Å²) in [7, 11) is 1.70. The lowest BCUT2D eigenvalue weighted by Crippen LogP contribution is -2.33. The number of nitrogens with zero attached hydrogens (tertiary/aromatic N) is 3. The van der Waals surface area contributed by atoms with Crippen LogP contribution in [0.4, 0.5) is 5.69 Å². The number of hydrogen-bond donors (Lipinski definition) is 1. The lowest BCUT2D eigenvalue weighted by Gasteiger charge is -2.27. The minimum Gasteiger partial charge on any atom is -0.464 e. The van der Waals surface area contributed by atoms with Crippen molar-refractivity contribution in [3.8, 4) is 0 Å². The van der Waals surface area contributed by atoms with E-state index in [9.17, 15) is 14.4 Å². The lowest BCUT2D eigenvalue weighted by molar-refractivity contribution is -0.121. The molecule has 0 unspecified atom stereocenters. The molecule has 1 saturated heterocycles. The van der Waals surface area contributed by atoms with E-state index >= 15 is 0 Å². The van der Waals surface area contributed by atoms with Crippen molar-refractivity contribution in [3.63, 3.8) is 0 Å². The predicted molar refractivity (Wildman–Crippen MR) is 128 cm³/mol. The first-order valence-corrected chi connectivity index (χ1v) is 12.0. The Morgan fingerprint density at radius 2 is 2.00 bits per heavy atom. The van der Waals surface area contributed by atoms with E-state index in [2.05, 4.69) is 15.2 Å². The minimum absolute atomic E-state index is 0.0419. The minimum atomic E-state index is -0.505. The summed E-state index contributed by atoms with van der Waals surface area (Å²) < 4.78 is 5.54. The molecular weight excluding hydrogens is 440 g/mol. The zero-order valence-electron chi connectivity index (χ0n) is 18.9. The van der Waals surface area contributed by atoms with E-state index in [0.29, 0.717) is 23.6 Å². The molecule has 2 aliphatic heterocycles. The number of amidine groups is 1. The molecule has 9 heteroatoms. The molecule has 33 heavy (non-hydrogen) atoms. The summed E-state index contributed by atoms with van der Waals surface area (Å²) in [4.78, 5) is 45.6. The highest BCUT2D eigenvalue weighted by molar-refractivity contribution is 8.15. The van der Waals surface area contributed by atoms with Gasteiger partial charge < -0.3 is 19.5 Å². The smallest absolute Gasteiger partial charge is 0.262 e. The molecule has 0 spiro atoms. The molecule has 0 aliphatic carbocycles. The van der Waals surface area contributed by atoms with Gasteiger partial charge in [0.25, 0.3) is 11.8 Å². The van der Waals surface area contributed by atoms with E-state index in [1.54, 1.807) is 36.2 Å². The number of benzene rings is 1. The van der Waals surface area contributed by atoms with Gasteiger partial charge in [-0.25, -0.2) is 0 Å². The number of amides is 3. The molecule has 4 rings (SSSR count). The van der Waals surface area contributed by atoms with Crippen molar-refractivity contribution in [2.45, 2.75) is 44.4 Å². The average Bonchev–Trinajstić information content (AvgIpc) is 3.38. The number of nitrogens with one attached hydrogen (secondary N) is 1. The summed E-state index contributed by atoms with van der Waals surface area (Å²) in [5.74, 6) is 0.788. The van der Waals surface area contributed by atoms with Crippen LogP contribution < -0.4 is 5.32 Å². The summed E-state index contributed by atoms with van der Waals surface area (Å²) in [5, 5.41) is 3.04. The van der Waals surface area contributed by atoms with E-state index in [1.807, 2.05) is 19.1 Å². The van der Waals surface area contributed by atoms with Gasteiger partial charge in [-0.15, -0.1) is 0 Å². The number of carbonyl (C=O) groups is 3. The molecule has 1 fully saturated rings. The number of piperidine rings is 1. The zero-order valence-corrected chi connectivity index (χ0v) is 19.7. The number of rotatable bonds is 6. The number of anilines is 1. The Bertz CT molecular complexity index is 1070. The van der Waals surface area contributed by atoms with Gasteiger partial charge >= 0.3 is 0 Å². The van der Waals surface area contributed by atoms with Crippen LogP contribution in [-0.2, 0) is 16.1 Å². The summed E-state index contributed by atoms with van der Waals surface area (Å²) >= 11 is 1.37. The number of aliphatic imine (C=N–C) groups is 1. The Morgan fingerprint density at radius 1 is 1.21 bits per heavy atom. The van der Waals surface area contributed by atoms with Crippen molar-refractivity contribution in [2.75, 3.05) is 25.5 Å². The van der Waals surface area contributed by atoms with Gasteiger partial charge in [0.2, 0.25) is 5.91 Å². The van der Waals surface area contributed by atoms with Crippen molar-refractivity contribution >= 4 is 40.3 Å². The molecule has 0 radical (unpaired) electrons.